The van der Waals surface area contributed by atoms with Gasteiger partial charge in [-0.3, -0.25) is 0 Å². The average molecular weight is 659 g/mol. The topological polar surface area (TPSA) is 280 Å². The predicted molar refractivity (Wildman–Crippen MR) is 154 cm³/mol. The highest BCUT2D eigenvalue weighted by atomic mass is 16.7. The van der Waals surface area contributed by atoms with Gasteiger partial charge in [0.05, 0.1) is 13.2 Å². The van der Waals surface area contributed by atoms with Gasteiger partial charge in [0.25, 0.3) is 0 Å². The summed E-state index contributed by atoms with van der Waals surface area (Å²) in [5, 5.41) is 121. The summed E-state index contributed by atoms with van der Waals surface area (Å²) in [6.07, 6.45) is -15.1. The molecule has 2 fully saturated rings. The number of aliphatic hydroxyl groups excluding tert-OH is 10. The molecule has 46 heavy (non-hydrogen) atoms. The molecule has 0 saturated carbocycles. The van der Waals surface area contributed by atoms with Crippen molar-refractivity contribution in [2.24, 2.45) is 11.8 Å². The van der Waals surface area contributed by atoms with Gasteiger partial charge in [0.2, 0.25) is 12.6 Å². The Kier molecular flexibility index (Phi) is 12.4. The van der Waals surface area contributed by atoms with E-state index < -0.39 is 86.5 Å². The van der Waals surface area contributed by atoms with E-state index in [0.717, 1.165) is 0 Å². The van der Waals surface area contributed by atoms with Gasteiger partial charge < -0.3 is 80.2 Å². The Morgan fingerprint density at radius 1 is 0.543 bits per heavy atom. The maximum absolute atomic E-state index is 10.4. The molecule has 16 nitrogen and oxygen atoms in total. The van der Waals surface area contributed by atoms with Crippen LogP contribution < -0.4 is 9.47 Å². The fourth-order valence-electron chi connectivity index (χ4n) is 5.51. The zero-order chi connectivity index (χ0) is 33.7. The van der Waals surface area contributed by atoms with Gasteiger partial charge in [-0.2, -0.15) is 0 Å². The van der Waals surface area contributed by atoms with Crippen molar-refractivity contribution in [3.05, 3.63) is 47.5 Å². The minimum absolute atomic E-state index is 0.146. The number of benzene rings is 2. The molecule has 2 aromatic rings. The third kappa shape index (κ3) is 7.99. The SMILES string of the molecule is OCC1OC(Oc2cc(CC(CO)[C@H](CO)Cc3ccc(O)c(OC4OC(CO)C(O)C(O)C4O)c3)ccc2O)C(O)C(O)C1O. The van der Waals surface area contributed by atoms with Crippen molar-refractivity contribution in [3.63, 3.8) is 0 Å². The summed E-state index contributed by atoms with van der Waals surface area (Å²) in [5.74, 6) is -2.05. The molecule has 11 unspecified atom stereocenters. The number of hydrogen-bond donors (Lipinski definition) is 12. The van der Waals surface area contributed by atoms with E-state index in [1.807, 2.05) is 0 Å². The summed E-state index contributed by atoms with van der Waals surface area (Å²) in [7, 11) is 0. The maximum atomic E-state index is 10.4. The van der Waals surface area contributed by atoms with Crippen LogP contribution in [0.25, 0.3) is 0 Å². The van der Waals surface area contributed by atoms with E-state index in [1.54, 1.807) is 12.1 Å². The normalized spacial score (nSPS) is 32.9. The molecule has 0 radical (unpaired) electrons. The molecule has 12 N–H and O–H groups in total. The van der Waals surface area contributed by atoms with Gasteiger partial charge >= 0.3 is 0 Å². The van der Waals surface area contributed by atoms with E-state index in [-0.39, 0.29) is 49.1 Å². The van der Waals surface area contributed by atoms with E-state index in [9.17, 15) is 61.3 Å². The molecule has 2 aliphatic rings. The second-order valence-corrected chi connectivity index (χ2v) is 11.5. The Hall–Kier alpha value is -2.84. The van der Waals surface area contributed by atoms with Gasteiger partial charge in [-0.15, -0.1) is 0 Å². The average Bonchev–Trinajstić information content (AvgIpc) is 3.05. The summed E-state index contributed by atoms with van der Waals surface area (Å²) >= 11 is 0. The number of ether oxygens (including phenoxy) is 4. The van der Waals surface area contributed by atoms with Crippen LogP contribution in [0.15, 0.2) is 36.4 Å². The second kappa shape index (κ2) is 15.8. The Balaban J connectivity index is 1.46. The first-order valence-electron chi connectivity index (χ1n) is 14.7. The number of aromatic hydroxyl groups is 2. The van der Waals surface area contributed by atoms with Crippen LogP contribution in [0.3, 0.4) is 0 Å². The monoisotopic (exact) mass is 658 g/mol. The largest absolute Gasteiger partial charge is 0.504 e. The van der Waals surface area contributed by atoms with Gasteiger partial charge in [0.15, 0.2) is 23.0 Å². The van der Waals surface area contributed by atoms with Crippen LogP contribution in [0.1, 0.15) is 11.1 Å². The van der Waals surface area contributed by atoms with Crippen LogP contribution in [0, 0.1) is 11.8 Å². The van der Waals surface area contributed by atoms with Crippen LogP contribution >= 0.6 is 0 Å². The van der Waals surface area contributed by atoms with Crippen LogP contribution in [-0.2, 0) is 22.3 Å². The summed E-state index contributed by atoms with van der Waals surface area (Å²) in [4.78, 5) is 0. The minimum Gasteiger partial charge on any atom is -0.504 e. The van der Waals surface area contributed by atoms with Crippen molar-refractivity contribution >= 4 is 0 Å². The Morgan fingerprint density at radius 3 is 1.24 bits per heavy atom. The van der Waals surface area contributed by atoms with Crippen LogP contribution in [0.5, 0.6) is 23.0 Å². The molecule has 2 aromatic carbocycles. The Bertz CT molecular complexity index is 1160. The van der Waals surface area contributed by atoms with Gasteiger partial charge in [-0.05, 0) is 60.1 Å². The van der Waals surface area contributed by atoms with Crippen molar-refractivity contribution < 1.29 is 80.2 Å². The number of hydrogen-bond acceptors (Lipinski definition) is 16. The molecule has 0 spiro atoms. The molecule has 2 saturated heterocycles. The molecule has 258 valence electrons. The van der Waals surface area contributed by atoms with Crippen molar-refractivity contribution in [2.75, 3.05) is 26.4 Å². The molecule has 0 bridgehead atoms. The molecule has 0 aliphatic carbocycles. The lowest BCUT2D eigenvalue weighted by molar-refractivity contribution is -0.277. The quantitative estimate of drug-likeness (QED) is 0.0993. The van der Waals surface area contributed by atoms with Crippen molar-refractivity contribution in [1.29, 1.82) is 0 Å². The van der Waals surface area contributed by atoms with E-state index in [2.05, 4.69) is 0 Å². The number of aliphatic hydroxyl groups is 10. The fourth-order valence-corrected chi connectivity index (χ4v) is 5.51. The predicted octanol–water partition coefficient (Wildman–Crippen LogP) is -3.54. The Labute approximate surface area is 263 Å². The highest BCUT2D eigenvalue weighted by Gasteiger charge is 2.46. The molecule has 0 amide bonds. The summed E-state index contributed by atoms with van der Waals surface area (Å²) in [6, 6.07) is 8.56. The molecule has 0 aromatic heterocycles. The van der Waals surface area contributed by atoms with Crippen LogP contribution in [0.2, 0.25) is 0 Å². The maximum Gasteiger partial charge on any atom is 0.229 e. The van der Waals surface area contributed by atoms with E-state index in [1.165, 1.54) is 24.3 Å². The zero-order valence-electron chi connectivity index (χ0n) is 24.6. The summed E-state index contributed by atoms with van der Waals surface area (Å²) in [6.45, 7) is -2.05. The minimum atomic E-state index is -1.70. The van der Waals surface area contributed by atoms with Crippen molar-refractivity contribution in [3.8, 4) is 23.0 Å². The highest BCUT2D eigenvalue weighted by molar-refractivity contribution is 5.43. The number of phenolic OH excluding ortho intramolecular Hbond substituents is 2. The van der Waals surface area contributed by atoms with Gasteiger partial charge in [0.1, 0.15) is 48.8 Å². The molecular weight excluding hydrogens is 616 g/mol. The standard InChI is InChI=1S/C30H42O16/c31-9-15(5-13-1-3-17(35)19(7-13)43-29-27(41)25(39)23(37)21(11-33)45-29)16(10-32)6-14-2-4-18(36)20(8-14)44-30-28(42)26(40)24(38)22(12-34)46-30/h1-4,7-8,15-16,21-42H,5-6,9-12H2/t15-,16?,21?,22?,23?,24?,25?,26?,27?,28?,29?,30?/m0/s1. The first-order chi connectivity index (χ1) is 21.9. The first kappa shape index (κ1) is 36.0. The molecule has 2 aliphatic heterocycles. The summed E-state index contributed by atoms with van der Waals surface area (Å²) < 4.78 is 21.9. The molecule has 16 heteroatoms. The van der Waals surface area contributed by atoms with Gasteiger partial charge in [0, 0.05) is 13.2 Å². The van der Waals surface area contributed by atoms with Crippen LogP contribution in [-0.4, -0.2) is 149 Å². The lowest BCUT2D eigenvalue weighted by Crippen LogP contribution is -2.60. The van der Waals surface area contributed by atoms with E-state index in [0.29, 0.717) is 11.1 Å². The zero-order valence-corrected chi connectivity index (χ0v) is 24.6. The molecule has 2 heterocycles. The molecule has 12 atom stereocenters. The van der Waals surface area contributed by atoms with Gasteiger partial charge in [-0.25, -0.2) is 0 Å². The molecule has 4 rings (SSSR count). The smallest absolute Gasteiger partial charge is 0.229 e. The Morgan fingerprint density at radius 2 is 0.913 bits per heavy atom. The van der Waals surface area contributed by atoms with E-state index >= 15 is 0 Å². The number of rotatable bonds is 13. The lowest BCUT2D eigenvalue weighted by Gasteiger charge is -2.39. The van der Waals surface area contributed by atoms with Gasteiger partial charge in [-0.1, -0.05) is 12.1 Å². The van der Waals surface area contributed by atoms with E-state index in [4.69, 9.17) is 18.9 Å². The van der Waals surface area contributed by atoms with Crippen LogP contribution in [0.4, 0.5) is 0 Å². The number of phenols is 2. The second-order valence-electron chi connectivity index (χ2n) is 11.5. The highest BCUT2D eigenvalue weighted by Crippen LogP contribution is 2.35. The lowest BCUT2D eigenvalue weighted by atomic mass is 9.83. The fraction of sp³-hybridized carbons (Fsp3) is 0.600. The molecular formula is C30H42O16. The van der Waals surface area contributed by atoms with Crippen molar-refractivity contribution in [1.82, 2.24) is 0 Å². The van der Waals surface area contributed by atoms with Crippen molar-refractivity contribution in [2.45, 2.75) is 74.3 Å². The first-order valence-corrected chi connectivity index (χ1v) is 14.7. The summed E-state index contributed by atoms with van der Waals surface area (Å²) in [5.41, 5.74) is 1.10. The third-order valence-corrected chi connectivity index (χ3v) is 8.36. The third-order valence-electron chi connectivity index (χ3n) is 8.36.